The number of carbonyl (C=O) groups is 1. The molecule has 0 aliphatic carbocycles. The second-order valence-corrected chi connectivity index (χ2v) is 6.94. The second-order valence-electron chi connectivity index (χ2n) is 5.86. The Hall–Kier alpha value is -3.40. The molecular weight excluding hydrogens is 384 g/mol. The molecule has 1 amide bonds. The highest BCUT2D eigenvalue weighted by Crippen LogP contribution is 2.21. The standard InChI is InChI=1S/C18H16N4O5S/c1-12-11-14(22(25)26)7-8-15(12)19-16(23)9-10-28-17-18(24)27-20-21(17)13-5-3-2-4-6-13/h2-8,11H,9-10H2,1H3,(H-,19,20,23,24)/p+1. The quantitative estimate of drug-likeness (QED) is 0.272. The lowest BCUT2D eigenvalue weighted by atomic mass is 10.2. The molecule has 0 saturated carbocycles. The molecule has 2 aromatic carbocycles. The molecule has 0 spiro atoms. The van der Waals surface area contributed by atoms with Crippen molar-refractivity contribution in [3.8, 4) is 5.69 Å². The van der Waals surface area contributed by atoms with E-state index in [2.05, 4.69) is 10.6 Å². The summed E-state index contributed by atoms with van der Waals surface area (Å²) < 4.78 is 6.37. The summed E-state index contributed by atoms with van der Waals surface area (Å²) in [7, 11) is 0. The maximum atomic E-state index is 12.2. The van der Waals surface area contributed by atoms with Gasteiger partial charge in [0, 0.05) is 42.1 Å². The third-order valence-corrected chi connectivity index (χ3v) is 4.92. The van der Waals surface area contributed by atoms with E-state index in [1.807, 2.05) is 30.3 Å². The minimum atomic E-state index is -0.513. The van der Waals surface area contributed by atoms with E-state index in [1.54, 1.807) is 6.92 Å². The zero-order valence-corrected chi connectivity index (χ0v) is 15.7. The fourth-order valence-corrected chi connectivity index (χ4v) is 3.40. The van der Waals surface area contributed by atoms with Crippen molar-refractivity contribution in [2.45, 2.75) is 18.4 Å². The Labute approximate surface area is 163 Å². The zero-order valence-electron chi connectivity index (χ0n) is 14.9. The van der Waals surface area contributed by atoms with Gasteiger partial charge in [0.25, 0.3) is 5.69 Å². The Morgan fingerprint density at radius 1 is 1.29 bits per heavy atom. The first-order chi connectivity index (χ1) is 13.5. The molecule has 0 atom stereocenters. The average Bonchev–Trinajstić information content (AvgIpc) is 3.04. The van der Waals surface area contributed by atoms with Gasteiger partial charge in [0.2, 0.25) is 11.6 Å². The summed E-state index contributed by atoms with van der Waals surface area (Å²) in [5, 5.41) is 16.4. The van der Waals surface area contributed by atoms with E-state index in [4.69, 9.17) is 4.52 Å². The highest BCUT2D eigenvalue weighted by molar-refractivity contribution is 7.99. The molecule has 2 N–H and O–H groups in total. The number of thioether (sulfide) groups is 1. The van der Waals surface area contributed by atoms with Gasteiger partial charge in [-0.3, -0.25) is 19.4 Å². The van der Waals surface area contributed by atoms with Crippen LogP contribution in [-0.2, 0) is 4.79 Å². The van der Waals surface area contributed by atoms with Crippen LogP contribution in [0.3, 0.4) is 0 Å². The van der Waals surface area contributed by atoms with Crippen molar-refractivity contribution in [3.63, 3.8) is 0 Å². The van der Waals surface area contributed by atoms with Gasteiger partial charge in [-0.25, -0.2) is 4.79 Å². The first-order valence-corrected chi connectivity index (χ1v) is 9.31. The SMILES string of the molecule is Cc1cc([N+](=O)[O-])ccc1NC(=O)CCSc1c(=O)o[nH][n+]1-c1ccccc1. The number of H-pyrrole nitrogens is 1. The van der Waals surface area contributed by atoms with Crippen molar-refractivity contribution >= 4 is 29.0 Å². The van der Waals surface area contributed by atoms with Crippen molar-refractivity contribution in [3.05, 3.63) is 74.6 Å². The molecule has 1 heterocycles. The van der Waals surface area contributed by atoms with Crippen molar-refractivity contribution in [1.82, 2.24) is 5.27 Å². The molecule has 0 aliphatic rings. The van der Waals surface area contributed by atoms with E-state index in [-0.39, 0.29) is 18.0 Å². The lowest BCUT2D eigenvalue weighted by molar-refractivity contribution is -0.704. The van der Waals surface area contributed by atoms with E-state index in [9.17, 15) is 19.7 Å². The smallest absolute Gasteiger partial charge is 0.326 e. The predicted molar refractivity (Wildman–Crippen MR) is 103 cm³/mol. The van der Waals surface area contributed by atoms with E-state index in [0.717, 1.165) is 5.69 Å². The number of aromatic nitrogens is 2. The van der Waals surface area contributed by atoms with Crippen LogP contribution in [0.1, 0.15) is 12.0 Å². The molecule has 1 aromatic heterocycles. The topological polar surface area (TPSA) is 122 Å². The van der Waals surface area contributed by atoms with Gasteiger partial charge in [-0.2, -0.15) is 0 Å². The van der Waals surface area contributed by atoms with Crippen LogP contribution in [-0.4, -0.2) is 21.9 Å². The number of aryl methyl sites for hydroxylation is 1. The summed E-state index contributed by atoms with van der Waals surface area (Å²) in [4.78, 5) is 34.4. The highest BCUT2D eigenvalue weighted by Gasteiger charge is 2.23. The number of nitrogens with zero attached hydrogens (tertiary/aromatic N) is 2. The van der Waals surface area contributed by atoms with Crippen molar-refractivity contribution in [1.29, 1.82) is 0 Å². The van der Waals surface area contributed by atoms with Gasteiger partial charge >= 0.3 is 10.7 Å². The van der Waals surface area contributed by atoms with Crippen LogP contribution in [0.4, 0.5) is 11.4 Å². The Balaban J connectivity index is 1.60. The van der Waals surface area contributed by atoms with E-state index in [0.29, 0.717) is 22.0 Å². The summed E-state index contributed by atoms with van der Waals surface area (Å²) in [5.41, 5.74) is 1.31. The first kappa shape index (κ1) is 19.4. The van der Waals surface area contributed by atoms with E-state index in [1.165, 1.54) is 34.6 Å². The molecule has 0 radical (unpaired) electrons. The van der Waals surface area contributed by atoms with Gasteiger partial charge in [-0.05, 0) is 40.3 Å². The number of carbonyl (C=O) groups excluding carboxylic acids is 1. The number of nitrogens with one attached hydrogen (secondary N) is 2. The summed E-state index contributed by atoms with van der Waals surface area (Å²) in [5.74, 6) is 0.100. The van der Waals surface area contributed by atoms with Crippen LogP contribution in [0.25, 0.3) is 5.69 Å². The third kappa shape index (κ3) is 4.46. The number of non-ortho nitro benzene ring substituents is 1. The fraction of sp³-hybridized carbons (Fsp3) is 0.167. The number of rotatable bonds is 7. The summed E-state index contributed by atoms with van der Waals surface area (Å²) in [6.07, 6.45) is 0.153. The highest BCUT2D eigenvalue weighted by atomic mass is 32.2. The van der Waals surface area contributed by atoms with Gasteiger partial charge in [-0.15, -0.1) is 0 Å². The maximum Gasteiger partial charge on any atom is 0.442 e. The van der Waals surface area contributed by atoms with Crippen LogP contribution in [0, 0.1) is 17.0 Å². The molecule has 9 nitrogen and oxygen atoms in total. The minimum absolute atomic E-state index is 0.0318. The monoisotopic (exact) mass is 401 g/mol. The van der Waals surface area contributed by atoms with Crippen LogP contribution in [0.15, 0.2) is 62.9 Å². The molecule has 0 aliphatic heterocycles. The Bertz CT molecular complexity index is 1060. The molecule has 0 unspecified atom stereocenters. The molecular formula is C18H17N4O5S+. The van der Waals surface area contributed by atoms with Gasteiger partial charge in [-0.1, -0.05) is 18.2 Å². The van der Waals surface area contributed by atoms with Gasteiger partial charge < -0.3 is 5.32 Å². The van der Waals surface area contributed by atoms with Crippen molar-refractivity contribution < 1.29 is 18.9 Å². The zero-order chi connectivity index (χ0) is 20.1. The van der Waals surface area contributed by atoms with Crippen LogP contribution < -0.4 is 15.6 Å². The number of hydrogen-bond donors (Lipinski definition) is 2. The molecule has 3 aromatic rings. The molecule has 28 heavy (non-hydrogen) atoms. The molecule has 3 rings (SSSR count). The normalized spacial score (nSPS) is 10.6. The van der Waals surface area contributed by atoms with E-state index >= 15 is 0 Å². The Morgan fingerprint density at radius 2 is 2.04 bits per heavy atom. The van der Waals surface area contributed by atoms with Gasteiger partial charge in [0.1, 0.15) is 0 Å². The number of hydrogen-bond acceptors (Lipinski definition) is 6. The number of anilines is 1. The molecule has 0 fully saturated rings. The first-order valence-electron chi connectivity index (χ1n) is 8.32. The average molecular weight is 401 g/mol. The molecule has 0 saturated heterocycles. The van der Waals surface area contributed by atoms with Crippen LogP contribution in [0.5, 0.6) is 0 Å². The number of amides is 1. The van der Waals surface area contributed by atoms with Gasteiger partial charge in [0.05, 0.1) is 4.92 Å². The lowest BCUT2D eigenvalue weighted by Crippen LogP contribution is -2.36. The third-order valence-electron chi connectivity index (χ3n) is 3.88. The van der Waals surface area contributed by atoms with Gasteiger partial charge in [0.15, 0.2) is 0 Å². The molecule has 0 bridgehead atoms. The number of para-hydroxylation sites is 1. The second kappa shape index (κ2) is 8.53. The van der Waals surface area contributed by atoms with Crippen molar-refractivity contribution in [2.24, 2.45) is 0 Å². The molecule has 144 valence electrons. The number of aromatic amines is 1. The largest absolute Gasteiger partial charge is 0.442 e. The maximum absolute atomic E-state index is 12.2. The summed E-state index contributed by atoms with van der Waals surface area (Å²) in [6.45, 7) is 1.69. The van der Waals surface area contributed by atoms with Crippen molar-refractivity contribution in [2.75, 3.05) is 11.1 Å². The number of nitro benzene ring substituents is 1. The summed E-state index contributed by atoms with van der Waals surface area (Å²) >= 11 is 1.20. The minimum Gasteiger partial charge on any atom is -0.326 e. The molecule has 10 heteroatoms. The predicted octanol–water partition coefficient (Wildman–Crippen LogP) is 2.58. The Morgan fingerprint density at radius 3 is 2.71 bits per heavy atom. The van der Waals surface area contributed by atoms with E-state index < -0.39 is 10.5 Å². The lowest BCUT2D eigenvalue weighted by Gasteiger charge is -2.07. The summed E-state index contributed by atoms with van der Waals surface area (Å²) in [6, 6.07) is 13.4. The Kier molecular flexibility index (Phi) is 5.90. The number of benzene rings is 2. The van der Waals surface area contributed by atoms with Crippen LogP contribution in [0.2, 0.25) is 0 Å². The number of nitro groups is 1. The fourth-order valence-electron chi connectivity index (χ4n) is 2.49. The van der Waals surface area contributed by atoms with Crippen LogP contribution >= 0.6 is 11.8 Å².